The van der Waals surface area contributed by atoms with E-state index in [4.69, 9.17) is 9.47 Å². The summed E-state index contributed by atoms with van der Waals surface area (Å²) < 4.78 is 12.9. The second kappa shape index (κ2) is 8.22. The summed E-state index contributed by atoms with van der Waals surface area (Å²) in [5.41, 5.74) is 1.92. The van der Waals surface area contributed by atoms with Crippen LogP contribution in [0.5, 0.6) is 11.5 Å². The van der Waals surface area contributed by atoms with Crippen molar-refractivity contribution in [3.05, 3.63) is 68.3 Å². The number of allylic oxidation sites excluding steroid dienone is 1. The molecule has 0 radical (unpaired) electrons. The van der Waals surface area contributed by atoms with Crippen molar-refractivity contribution < 1.29 is 14.4 Å². The van der Waals surface area contributed by atoms with Crippen molar-refractivity contribution in [2.75, 3.05) is 13.7 Å². The highest BCUT2D eigenvalue weighted by atomic mass is 16.6. The molecule has 0 saturated carbocycles. The maximum Gasteiger partial charge on any atom is 0.270 e. The predicted octanol–water partition coefficient (Wildman–Crippen LogP) is 4.29. The number of nitrogens with zero attached hydrogens (tertiary/aromatic N) is 3. The van der Waals surface area contributed by atoms with Crippen LogP contribution in [0.2, 0.25) is 0 Å². The van der Waals surface area contributed by atoms with Gasteiger partial charge < -0.3 is 9.47 Å². The van der Waals surface area contributed by atoms with Crippen molar-refractivity contribution in [2.24, 2.45) is 5.92 Å². The van der Waals surface area contributed by atoms with Gasteiger partial charge in [0, 0.05) is 18.7 Å². The SMILES string of the molecule is COc1ccc(/C=C2\CCn3c2nc2ccc([N+](=O)[O-])cc2c3=O)cc1OCC(C)C. The number of aromatic nitrogens is 2. The van der Waals surface area contributed by atoms with Crippen LogP contribution in [0.3, 0.4) is 0 Å². The minimum absolute atomic E-state index is 0.118. The number of methoxy groups -OCH3 is 1. The number of benzene rings is 2. The van der Waals surface area contributed by atoms with Crippen LogP contribution in [-0.2, 0) is 6.54 Å². The average Bonchev–Trinajstić information content (AvgIpc) is 3.15. The van der Waals surface area contributed by atoms with Gasteiger partial charge in [-0.2, -0.15) is 0 Å². The lowest BCUT2D eigenvalue weighted by Gasteiger charge is -2.13. The molecule has 0 atom stereocenters. The Bertz CT molecular complexity index is 1260. The smallest absolute Gasteiger partial charge is 0.270 e. The molecule has 0 bridgehead atoms. The van der Waals surface area contributed by atoms with Gasteiger partial charge in [0.1, 0.15) is 5.82 Å². The van der Waals surface area contributed by atoms with E-state index in [1.54, 1.807) is 11.7 Å². The molecular formula is C23H23N3O5. The number of nitro benzene ring substituents is 1. The first kappa shape index (κ1) is 20.6. The van der Waals surface area contributed by atoms with E-state index in [1.165, 1.54) is 18.2 Å². The van der Waals surface area contributed by atoms with E-state index in [2.05, 4.69) is 18.8 Å². The second-order valence-electron chi connectivity index (χ2n) is 7.89. The molecule has 8 nitrogen and oxygen atoms in total. The average molecular weight is 421 g/mol. The van der Waals surface area contributed by atoms with E-state index >= 15 is 0 Å². The highest BCUT2D eigenvalue weighted by Gasteiger charge is 2.22. The molecular weight excluding hydrogens is 398 g/mol. The van der Waals surface area contributed by atoms with Crippen molar-refractivity contribution in [1.82, 2.24) is 9.55 Å². The lowest BCUT2D eigenvalue weighted by atomic mass is 10.1. The van der Waals surface area contributed by atoms with Crippen molar-refractivity contribution in [3.63, 3.8) is 0 Å². The Balaban J connectivity index is 1.74. The number of non-ortho nitro benzene ring substituents is 1. The Morgan fingerprint density at radius 2 is 2.03 bits per heavy atom. The van der Waals surface area contributed by atoms with E-state index in [-0.39, 0.29) is 16.6 Å². The number of rotatable bonds is 6. The molecule has 2 aromatic carbocycles. The third-order valence-corrected chi connectivity index (χ3v) is 5.14. The summed E-state index contributed by atoms with van der Waals surface area (Å²) in [6, 6.07) is 9.89. The zero-order chi connectivity index (χ0) is 22.1. The molecule has 0 saturated heterocycles. The molecule has 0 spiro atoms. The summed E-state index contributed by atoms with van der Waals surface area (Å²) >= 11 is 0. The molecule has 31 heavy (non-hydrogen) atoms. The molecule has 1 aromatic heterocycles. The third-order valence-electron chi connectivity index (χ3n) is 5.14. The van der Waals surface area contributed by atoms with E-state index in [0.29, 0.717) is 48.3 Å². The fraction of sp³-hybridized carbons (Fsp3) is 0.304. The zero-order valence-corrected chi connectivity index (χ0v) is 17.6. The van der Waals surface area contributed by atoms with Gasteiger partial charge in [0.15, 0.2) is 11.5 Å². The quantitative estimate of drug-likeness (QED) is 0.435. The van der Waals surface area contributed by atoms with Crippen LogP contribution in [0.4, 0.5) is 5.69 Å². The normalized spacial score (nSPS) is 14.3. The van der Waals surface area contributed by atoms with E-state index < -0.39 is 4.92 Å². The molecule has 3 aromatic rings. The van der Waals surface area contributed by atoms with Crippen LogP contribution in [0.1, 0.15) is 31.7 Å². The summed E-state index contributed by atoms with van der Waals surface area (Å²) in [7, 11) is 1.61. The fourth-order valence-electron chi connectivity index (χ4n) is 3.61. The number of hydrogen-bond donors (Lipinski definition) is 0. The van der Waals surface area contributed by atoms with Gasteiger partial charge in [0.25, 0.3) is 11.2 Å². The number of ether oxygens (including phenoxy) is 2. The van der Waals surface area contributed by atoms with Crippen LogP contribution < -0.4 is 15.0 Å². The topological polar surface area (TPSA) is 96.5 Å². The van der Waals surface area contributed by atoms with Gasteiger partial charge >= 0.3 is 0 Å². The zero-order valence-electron chi connectivity index (χ0n) is 17.6. The van der Waals surface area contributed by atoms with Crippen LogP contribution >= 0.6 is 0 Å². The highest BCUT2D eigenvalue weighted by Crippen LogP contribution is 2.32. The van der Waals surface area contributed by atoms with Crippen LogP contribution in [0, 0.1) is 16.0 Å². The largest absolute Gasteiger partial charge is 0.493 e. The standard InChI is InChI=1S/C23H23N3O5/c1-14(2)13-31-21-11-15(4-7-20(21)30-3)10-16-8-9-25-22(16)24-19-6-5-17(26(28)29)12-18(19)23(25)27/h4-7,10-12,14H,8-9,13H2,1-3H3/b16-10+. The van der Waals surface area contributed by atoms with E-state index in [9.17, 15) is 14.9 Å². The minimum Gasteiger partial charge on any atom is -0.493 e. The molecule has 8 heteroatoms. The maximum atomic E-state index is 12.9. The van der Waals surface area contributed by atoms with Gasteiger partial charge in [-0.3, -0.25) is 19.5 Å². The first-order chi connectivity index (χ1) is 14.9. The summed E-state index contributed by atoms with van der Waals surface area (Å²) in [5, 5.41) is 11.3. The summed E-state index contributed by atoms with van der Waals surface area (Å²) in [5.74, 6) is 2.30. The van der Waals surface area contributed by atoms with Crippen molar-refractivity contribution >= 4 is 28.2 Å². The molecule has 0 N–H and O–H groups in total. The third kappa shape index (κ3) is 4.01. The molecule has 2 heterocycles. The highest BCUT2D eigenvalue weighted by molar-refractivity contribution is 5.86. The van der Waals surface area contributed by atoms with Gasteiger partial charge in [-0.15, -0.1) is 0 Å². The first-order valence-corrected chi connectivity index (χ1v) is 10.1. The molecule has 0 aliphatic carbocycles. The number of nitro groups is 1. The van der Waals surface area contributed by atoms with E-state index in [1.807, 2.05) is 24.3 Å². The summed E-state index contributed by atoms with van der Waals surface area (Å²) in [6.07, 6.45) is 2.64. The van der Waals surface area contributed by atoms with Gasteiger partial charge in [-0.05, 0) is 47.8 Å². The Hall–Kier alpha value is -3.68. The Labute approximate surface area is 178 Å². The van der Waals surface area contributed by atoms with Gasteiger partial charge in [0.2, 0.25) is 0 Å². The van der Waals surface area contributed by atoms with E-state index in [0.717, 1.165) is 11.1 Å². The minimum atomic E-state index is -0.509. The number of fused-ring (bicyclic) bond motifs is 2. The Morgan fingerprint density at radius 3 is 2.74 bits per heavy atom. The monoisotopic (exact) mass is 421 g/mol. The van der Waals surface area contributed by atoms with Crippen LogP contribution in [0.15, 0.2) is 41.2 Å². The molecule has 160 valence electrons. The Kier molecular flexibility index (Phi) is 5.46. The summed E-state index contributed by atoms with van der Waals surface area (Å²) in [4.78, 5) is 28.1. The fourth-order valence-corrected chi connectivity index (χ4v) is 3.61. The van der Waals surface area contributed by atoms with Crippen molar-refractivity contribution in [3.8, 4) is 11.5 Å². The maximum absolute atomic E-state index is 12.9. The van der Waals surface area contributed by atoms with Crippen LogP contribution in [-0.4, -0.2) is 28.2 Å². The van der Waals surface area contributed by atoms with Crippen molar-refractivity contribution in [1.29, 1.82) is 0 Å². The predicted molar refractivity (Wildman–Crippen MR) is 118 cm³/mol. The lowest BCUT2D eigenvalue weighted by Crippen LogP contribution is -2.20. The molecule has 1 aliphatic heterocycles. The molecule has 0 fully saturated rings. The number of hydrogen-bond acceptors (Lipinski definition) is 6. The van der Waals surface area contributed by atoms with Gasteiger partial charge in [-0.1, -0.05) is 19.9 Å². The van der Waals surface area contributed by atoms with Crippen molar-refractivity contribution in [2.45, 2.75) is 26.8 Å². The van der Waals surface area contributed by atoms with Crippen LogP contribution in [0.25, 0.3) is 22.6 Å². The molecule has 0 amide bonds. The van der Waals surface area contributed by atoms with Gasteiger partial charge in [0.05, 0.1) is 29.5 Å². The molecule has 0 unspecified atom stereocenters. The summed E-state index contributed by atoms with van der Waals surface area (Å²) in [6.45, 7) is 5.22. The van der Waals surface area contributed by atoms with Gasteiger partial charge in [-0.25, -0.2) is 4.98 Å². The first-order valence-electron chi connectivity index (χ1n) is 10.1. The molecule has 4 rings (SSSR count). The second-order valence-corrected chi connectivity index (χ2v) is 7.89. The molecule has 1 aliphatic rings. The Morgan fingerprint density at radius 1 is 1.23 bits per heavy atom. The lowest BCUT2D eigenvalue weighted by molar-refractivity contribution is -0.384.